The van der Waals surface area contributed by atoms with E-state index in [9.17, 15) is 4.79 Å². The van der Waals surface area contributed by atoms with Gasteiger partial charge in [-0.15, -0.1) is 0 Å². The van der Waals surface area contributed by atoms with E-state index in [-0.39, 0.29) is 5.41 Å². The molecule has 0 N–H and O–H groups in total. The Hall–Kier alpha value is -1.36. The number of nitrogens with zero attached hydrogens (tertiary/aromatic N) is 3. The van der Waals surface area contributed by atoms with Crippen molar-refractivity contribution >= 4 is 5.91 Å². The van der Waals surface area contributed by atoms with Gasteiger partial charge in [0.25, 0.3) is 0 Å². The monoisotopic (exact) mass is 305 g/mol. The maximum Gasteiger partial charge on any atom is 0.228 e. The molecule has 5 nitrogen and oxygen atoms in total. The lowest BCUT2D eigenvalue weighted by molar-refractivity contribution is -0.148. The molecule has 0 spiro atoms. The number of aryl methyl sites for hydroxylation is 1. The minimum atomic E-state index is -0.112. The second-order valence-electron chi connectivity index (χ2n) is 7.01. The largest absolute Gasteiger partial charge is 0.385 e. The van der Waals surface area contributed by atoms with Crippen LogP contribution in [0.1, 0.15) is 37.7 Å². The summed E-state index contributed by atoms with van der Waals surface area (Å²) in [6.07, 6.45) is 10.3. The van der Waals surface area contributed by atoms with Gasteiger partial charge in [0.15, 0.2) is 0 Å². The summed E-state index contributed by atoms with van der Waals surface area (Å²) in [6, 6.07) is 0. The third-order valence-electron chi connectivity index (χ3n) is 5.40. The predicted molar refractivity (Wildman–Crippen MR) is 84.4 cm³/mol. The van der Waals surface area contributed by atoms with Crippen LogP contribution in [0.3, 0.4) is 0 Å². The second-order valence-corrected chi connectivity index (χ2v) is 7.01. The van der Waals surface area contributed by atoms with Crippen LogP contribution in [0, 0.1) is 11.3 Å². The van der Waals surface area contributed by atoms with E-state index in [0.717, 1.165) is 45.2 Å². The van der Waals surface area contributed by atoms with Gasteiger partial charge in [-0.3, -0.25) is 9.48 Å². The number of amides is 1. The number of hydrogen-bond donors (Lipinski definition) is 0. The Kier molecular flexibility index (Phi) is 4.52. The Morgan fingerprint density at radius 3 is 2.91 bits per heavy atom. The highest BCUT2D eigenvalue weighted by Crippen LogP contribution is 2.46. The van der Waals surface area contributed by atoms with Gasteiger partial charge < -0.3 is 9.64 Å². The molecule has 1 aromatic heterocycles. The van der Waals surface area contributed by atoms with Crippen LogP contribution in [-0.4, -0.2) is 47.4 Å². The third kappa shape index (κ3) is 3.05. The number of rotatable bonds is 6. The molecule has 0 radical (unpaired) electrons. The maximum absolute atomic E-state index is 12.9. The first-order valence-corrected chi connectivity index (χ1v) is 8.39. The number of hydrogen-bond acceptors (Lipinski definition) is 3. The van der Waals surface area contributed by atoms with Gasteiger partial charge >= 0.3 is 0 Å². The topological polar surface area (TPSA) is 47.4 Å². The summed E-state index contributed by atoms with van der Waals surface area (Å²) in [5, 5.41) is 4.23. The lowest BCUT2D eigenvalue weighted by Crippen LogP contribution is -2.47. The Labute approximate surface area is 132 Å². The molecule has 3 rings (SSSR count). The molecule has 1 aliphatic heterocycles. The van der Waals surface area contributed by atoms with Crippen molar-refractivity contribution in [2.24, 2.45) is 18.4 Å². The summed E-state index contributed by atoms with van der Waals surface area (Å²) in [4.78, 5) is 15.0. The molecule has 0 aromatic carbocycles. The van der Waals surface area contributed by atoms with Crippen LogP contribution in [0.4, 0.5) is 0 Å². The molecule has 0 bridgehead atoms. The fraction of sp³-hybridized carbons (Fsp3) is 0.765. The fourth-order valence-electron chi connectivity index (χ4n) is 3.90. The van der Waals surface area contributed by atoms with Crippen molar-refractivity contribution in [1.82, 2.24) is 14.7 Å². The standard InChI is InChI=1S/C17H27N3O2/c1-19-12-15(11-18-19)10-14-4-8-20(13-14)16(21)17(5-3-6-17)7-9-22-2/h11-12,14H,3-10,13H2,1-2H3. The van der Waals surface area contributed by atoms with Crippen LogP contribution in [0.2, 0.25) is 0 Å². The van der Waals surface area contributed by atoms with Crippen LogP contribution in [0.15, 0.2) is 12.4 Å². The highest BCUT2D eigenvalue weighted by molar-refractivity contribution is 5.83. The van der Waals surface area contributed by atoms with E-state index in [1.54, 1.807) is 7.11 Å². The van der Waals surface area contributed by atoms with Gasteiger partial charge in [0, 0.05) is 40.1 Å². The lowest BCUT2D eigenvalue weighted by atomic mass is 9.66. The molecule has 2 fully saturated rings. The Morgan fingerprint density at radius 2 is 2.32 bits per heavy atom. The molecule has 1 unspecified atom stereocenters. The van der Waals surface area contributed by atoms with Gasteiger partial charge in [0.2, 0.25) is 5.91 Å². The van der Waals surface area contributed by atoms with Crippen LogP contribution < -0.4 is 0 Å². The van der Waals surface area contributed by atoms with E-state index >= 15 is 0 Å². The fourth-order valence-corrected chi connectivity index (χ4v) is 3.90. The summed E-state index contributed by atoms with van der Waals surface area (Å²) in [5.41, 5.74) is 1.17. The Morgan fingerprint density at radius 1 is 1.50 bits per heavy atom. The molecule has 22 heavy (non-hydrogen) atoms. The van der Waals surface area contributed by atoms with Gasteiger partial charge in [-0.25, -0.2) is 0 Å². The molecule has 2 aliphatic rings. The molecule has 1 saturated carbocycles. The number of ether oxygens (including phenoxy) is 1. The number of methoxy groups -OCH3 is 1. The van der Waals surface area contributed by atoms with Crippen molar-refractivity contribution < 1.29 is 9.53 Å². The zero-order valence-electron chi connectivity index (χ0n) is 13.8. The van der Waals surface area contributed by atoms with Crippen LogP contribution in [-0.2, 0) is 23.0 Å². The molecule has 122 valence electrons. The van der Waals surface area contributed by atoms with Gasteiger partial charge in [0.05, 0.1) is 11.6 Å². The normalized spacial score (nSPS) is 23.5. The first kappa shape index (κ1) is 15.5. The minimum Gasteiger partial charge on any atom is -0.385 e. The number of likely N-dealkylation sites (tertiary alicyclic amines) is 1. The van der Waals surface area contributed by atoms with Crippen molar-refractivity contribution in [2.75, 3.05) is 26.8 Å². The van der Waals surface area contributed by atoms with Gasteiger partial charge in [-0.1, -0.05) is 6.42 Å². The summed E-state index contributed by atoms with van der Waals surface area (Å²) in [7, 11) is 3.67. The van der Waals surface area contributed by atoms with Crippen LogP contribution >= 0.6 is 0 Å². The van der Waals surface area contributed by atoms with Gasteiger partial charge in [-0.2, -0.15) is 5.10 Å². The van der Waals surface area contributed by atoms with E-state index in [1.807, 2.05) is 17.9 Å². The molecule has 1 aromatic rings. The predicted octanol–water partition coefficient (Wildman–Crippen LogP) is 2.02. The highest BCUT2D eigenvalue weighted by atomic mass is 16.5. The van der Waals surface area contributed by atoms with Crippen LogP contribution in [0.25, 0.3) is 0 Å². The summed E-state index contributed by atoms with van der Waals surface area (Å²) < 4.78 is 7.06. The number of carbonyl (C=O) groups is 1. The molecule has 1 atom stereocenters. The summed E-state index contributed by atoms with van der Waals surface area (Å²) in [6.45, 7) is 2.51. The third-order valence-corrected chi connectivity index (χ3v) is 5.40. The van der Waals surface area contributed by atoms with Crippen molar-refractivity contribution in [3.8, 4) is 0 Å². The Bertz CT molecular complexity index is 522. The van der Waals surface area contributed by atoms with E-state index in [4.69, 9.17) is 4.74 Å². The highest BCUT2D eigenvalue weighted by Gasteiger charge is 2.46. The van der Waals surface area contributed by atoms with Crippen LogP contribution in [0.5, 0.6) is 0 Å². The summed E-state index contributed by atoms with van der Waals surface area (Å²) in [5.74, 6) is 0.956. The van der Waals surface area contributed by atoms with E-state index < -0.39 is 0 Å². The molecular weight excluding hydrogens is 278 g/mol. The second kappa shape index (κ2) is 6.41. The molecule has 5 heteroatoms. The average Bonchev–Trinajstić information content (AvgIpc) is 3.07. The summed E-state index contributed by atoms with van der Waals surface area (Å²) >= 11 is 0. The molecule has 1 aliphatic carbocycles. The Balaban J connectivity index is 1.56. The molecular formula is C17H27N3O2. The first-order chi connectivity index (χ1) is 10.6. The van der Waals surface area contributed by atoms with Gasteiger partial charge in [0.1, 0.15) is 0 Å². The first-order valence-electron chi connectivity index (χ1n) is 8.39. The van der Waals surface area contributed by atoms with E-state index in [1.165, 1.54) is 12.0 Å². The van der Waals surface area contributed by atoms with Gasteiger partial charge in [-0.05, 0) is 43.6 Å². The lowest BCUT2D eigenvalue weighted by Gasteiger charge is -2.42. The zero-order valence-corrected chi connectivity index (χ0v) is 13.8. The van der Waals surface area contributed by atoms with E-state index in [2.05, 4.69) is 16.2 Å². The molecule has 2 heterocycles. The SMILES string of the molecule is COCCC1(C(=O)N2CCC(Cc3cnn(C)c3)C2)CCC1. The maximum atomic E-state index is 12.9. The quantitative estimate of drug-likeness (QED) is 0.808. The average molecular weight is 305 g/mol. The van der Waals surface area contributed by atoms with Crippen molar-refractivity contribution in [1.29, 1.82) is 0 Å². The molecule has 1 saturated heterocycles. The smallest absolute Gasteiger partial charge is 0.228 e. The van der Waals surface area contributed by atoms with Crippen molar-refractivity contribution in [3.05, 3.63) is 18.0 Å². The van der Waals surface area contributed by atoms with E-state index in [0.29, 0.717) is 18.4 Å². The van der Waals surface area contributed by atoms with Crippen molar-refractivity contribution in [3.63, 3.8) is 0 Å². The number of carbonyl (C=O) groups excluding carboxylic acids is 1. The number of aromatic nitrogens is 2. The zero-order chi connectivity index (χ0) is 15.6. The minimum absolute atomic E-state index is 0.112. The molecule has 1 amide bonds. The van der Waals surface area contributed by atoms with Crippen molar-refractivity contribution in [2.45, 2.75) is 38.5 Å².